The molecule has 1 aliphatic heterocycles. The molecular weight excluding hydrogens is 335 g/mol. The van der Waals surface area contributed by atoms with Gasteiger partial charge in [-0.3, -0.25) is 0 Å². The van der Waals surface area contributed by atoms with E-state index in [1.54, 1.807) is 23.5 Å². The van der Waals surface area contributed by atoms with Crippen LogP contribution in [0.3, 0.4) is 0 Å². The minimum absolute atomic E-state index is 0.217. The first-order valence-corrected chi connectivity index (χ1v) is 9.60. The van der Waals surface area contributed by atoms with Crippen LogP contribution in [-0.4, -0.2) is 27.6 Å². The van der Waals surface area contributed by atoms with E-state index in [0.29, 0.717) is 6.04 Å². The van der Waals surface area contributed by atoms with E-state index in [4.69, 9.17) is 4.98 Å². The molecule has 3 aromatic rings. The van der Waals surface area contributed by atoms with Crippen LogP contribution in [0, 0.1) is 5.82 Å². The standard InChI is InChI=1S/C19H21FN4S/c1-2-18-21-9-11-24(18)16-4-3-10-23(12-16)19-22-17(13-25-19)14-5-7-15(20)8-6-14/h5-9,11,13,16H,2-4,10,12H2,1H3. The third kappa shape index (κ3) is 3.31. The molecule has 0 amide bonds. The average Bonchev–Trinajstić information content (AvgIpc) is 3.32. The number of imidazole rings is 1. The first-order valence-electron chi connectivity index (χ1n) is 8.72. The molecule has 1 aliphatic rings. The number of aromatic nitrogens is 3. The second-order valence-electron chi connectivity index (χ2n) is 6.37. The molecule has 4 nitrogen and oxygen atoms in total. The topological polar surface area (TPSA) is 34.0 Å². The maximum atomic E-state index is 13.1. The van der Waals surface area contributed by atoms with Crippen molar-refractivity contribution >= 4 is 16.5 Å². The van der Waals surface area contributed by atoms with E-state index in [0.717, 1.165) is 48.1 Å². The average molecular weight is 356 g/mol. The van der Waals surface area contributed by atoms with Crippen molar-refractivity contribution in [2.24, 2.45) is 0 Å². The number of piperidine rings is 1. The maximum absolute atomic E-state index is 13.1. The van der Waals surface area contributed by atoms with Crippen LogP contribution in [-0.2, 0) is 6.42 Å². The lowest BCUT2D eigenvalue weighted by Gasteiger charge is -2.33. The highest BCUT2D eigenvalue weighted by Gasteiger charge is 2.24. The van der Waals surface area contributed by atoms with E-state index in [-0.39, 0.29) is 5.82 Å². The molecule has 0 N–H and O–H groups in total. The Kier molecular flexibility index (Phi) is 4.53. The van der Waals surface area contributed by atoms with Gasteiger partial charge in [-0.05, 0) is 37.1 Å². The van der Waals surface area contributed by atoms with Crippen molar-refractivity contribution in [2.75, 3.05) is 18.0 Å². The SMILES string of the molecule is CCc1nccn1C1CCCN(c2nc(-c3ccc(F)cc3)cs2)C1. The molecule has 0 bridgehead atoms. The lowest BCUT2D eigenvalue weighted by atomic mass is 10.1. The van der Waals surface area contributed by atoms with Gasteiger partial charge in [0, 0.05) is 42.8 Å². The van der Waals surface area contributed by atoms with E-state index >= 15 is 0 Å². The summed E-state index contributed by atoms with van der Waals surface area (Å²) in [6, 6.07) is 6.98. The number of benzene rings is 1. The van der Waals surface area contributed by atoms with Gasteiger partial charge in [0.15, 0.2) is 5.13 Å². The van der Waals surface area contributed by atoms with E-state index in [2.05, 4.69) is 33.0 Å². The summed E-state index contributed by atoms with van der Waals surface area (Å²) in [5.74, 6) is 0.933. The molecule has 3 heterocycles. The zero-order chi connectivity index (χ0) is 17.2. The summed E-state index contributed by atoms with van der Waals surface area (Å²) in [5, 5.41) is 3.10. The number of rotatable bonds is 4. The third-order valence-corrected chi connectivity index (χ3v) is 5.66. The van der Waals surface area contributed by atoms with Crippen molar-refractivity contribution in [3.8, 4) is 11.3 Å². The molecule has 0 saturated carbocycles. The van der Waals surface area contributed by atoms with Crippen LogP contribution in [0.2, 0.25) is 0 Å². The highest BCUT2D eigenvalue weighted by atomic mass is 32.1. The number of aryl methyl sites for hydroxylation is 1. The van der Waals surface area contributed by atoms with E-state index in [1.165, 1.54) is 18.6 Å². The Morgan fingerprint density at radius 2 is 2.12 bits per heavy atom. The number of thiazole rings is 1. The summed E-state index contributed by atoms with van der Waals surface area (Å²) in [6.07, 6.45) is 7.27. The number of nitrogens with zero attached hydrogens (tertiary/aromatic N) is 4. The molecular formula is C19H21FN4S. The number of hydrogen-bond donors (Lipinski definition) is 0. The van der Waals surface area contributed by atoms with Gasteiger partial charge in [0.05, 0.1) is 11.7 Å². The fourth-order valence-electron chi connectivity index (χ4n) is 3.47. The first-order chi connectivity index (χ1) is 12.2. The number of anilines is 1. The van der Waals surface area contributed by atoms with Gasteiger partial charge in [-0.25, -0.2) is 14.4 Å². The van der Waals surface area contributed by atoms with Crippen molar-refractivity contribution in [1.82, 2.24) is 14.5 Å². The molecule has 130 valence electrons. The monoisotopic (exact) mass is 356 g/mol. The summed E-state index contributed by atoms with van der Waals surface area (Å²) in [6.45, 7) is 4.14. The maximum Gasteiger partial charge on any atom is 0.185 e. The van der Waals surface area contributed by atoms with Crippen LogP contribution in [0.25, 0.3) is 11.3 Å². The van der Waals surface area contributed by atoms with Crippen LogP contribution in [0.1, 0.15) is 31.6 Å². The van der Waals surface area contributed by atoms with Crippen LogP contribution >= 0.6 is 11.3 Å². The summed E-state index contributed by atoms with van der Waals surface area (Å²) in [5.41, 5.74) is 1.87. The number of halogens is 1. The van der Waals surface area contributed by atoms with Crippen LogP contribution in [0.4, 0.5) is 9.52 Å². The molecule has 1 aromatic carbocycles. The summed E-state index contributed by atoms with van der Waals surface area (Å²) < 4.78 is 15.4. The van der Waals surface area contributed by atoms with Crippen molar-refractivity contribution in [3.05, 3.63) is 53.7 Å². The Bertz CT molecular complexity index is 839. The van der Waals surface area contributed by atoms with Gasteiger partial charge in [0.2, 0.25) is 0 Å². The molecule has 1 saturated heterocycles. The molecule has 0 radical (unpaired) electrons. The molecule has 6 heteroatoms. The smallest absolute Gasteiger partial charge is 0.185 e. The molecule has 1 unspecified atom stereocenters. The Morgan fingerprint density at radius 1 is 1.28 bits per heavy atom. The van der Waals surface area contributed by atoms with Gasteiger partial charge in [-0.1, -0.05) is 6.92 Å². The van der Waals surface area contributed by atoms with Crippen LogP contribution in [0.15, 0.2) is 42.0 Å². The zero-order valence-electron chi connectivity index (χ0n) is 14.2. The first kappa shape index (κ1) is 16.3. The molecule has 2 aromatic heterocycles. The Labute approximate surface area is 151 Å². The quantitative estimate of drug-likeness (QED) is 0.688. The highest BCUT2D eigenvalue weighted by molar-refractivity contribution is 7.14. The lowest BCUT2D eigenvalue weighted by Crippen LogP contribution is -2.36. The predicted molar refractivity (Wildman–Crippen MR) is 99.6 cm³/mol. The van der Waals surface area contributed by atoms with Crippen molar-refractivity contribution in [1.29, 1.82) is 0 Å². The van der Waals surface area contributed by atoms with Gasteiger partial charge in [-0.15, -0.1) is 11.3 Å². The fourth-order valence-corrected chi connectivity index (χ4v) is 4.34. The molecule has 4 rings (SSSR count). The second kappa shape index (κ2) is 6.96. The van der Waals surface area contributed by atoms with Gasteiger partial charge >= 0.3 is 0 Å². The summed E-state index contributed by atoms with van der Waals surface area (Å²) >= 11 is 1.66. The Morgan fingerprint density at radius 3 is 2.92 bits per heavy atom. The molecule has 0 aliphatic carbocycles. The minimum Gasteiger partial charge on any atom is -0.346 e. The highest BCUT2D eigenvalue weighted by Crippen LogP contribution is 2.32. The molecule has 0 spiro atoms. The fraction of sp³-hybridized carbons (Fsp3) is 0.368. The summed E-state index contributed by atoms with van der Waals surface area (Å²) in [7, 11) is 0. The third-order valence-electron chi connectivity index (χ3n) is 4.76. The van der Waals surface area contributed by atoms with Crippen molar-refractivity contribution < 1.29 is 4.39 Å². The van der Waals surface area contributed by atoms with Crippen LogP contribution < -0.4 is 4.90 Å². The minimum atomic E-state index is -0.217. The van der Waals surface area contributed by atoms with Crippen LogP contribution in [0.5, 0.6) is 0 Å². The van der Waals surface area contributed by atoms with Gasteiger partial charge < -0.3 is 9.47 Å². The normalized spacial score (nSPS) is 17.8. The van der Waals surface area contributed by atoms with Crippen molar-refractivity contribution in [3.63, 3.8) is 0 Å². The molecule has 1 fully saturated rings. The number of hydrogen-bond acceptors (Lipinski definition) is 4. The van der Waals surface area contributed by atoms with Crippen molar-refractivity contribution in [2.45, 2.75) is 32.2 Å². The van der Waals surface area contributed by atoms with Gasteiger partial charge in [0.25, 0.3) is 0 Å². The summed E-state index contributed by atoms with van der Waals surface area (Å²) in [4.78, 5) is 11.6. The second-order valence-corrected chi connectivity index (χ2v) is 7.21. The lowest BCUT2D eigenvalue weighted by molar-refractivity contribution is 0.396. The molecule has 1 atom stereocenters. The zero-order valence-corrected chi connectivity index (χ0v) is 15.0. The van der Waals surface area contributed by atoms with E-state index in [9.17, 15) is 4.39 Å². The predicted octanol–water partition coefficient (Wildman–Crippen LogP) is 4.55. The van der Waals surface area contributed by atoms with E-state index < -0.39 is 0 Å². The largest absolute Gasteiger partial charge is 0.346 e. The van der Waals surface area contributed by atoms with Gasteiger partial charge in [0.1, 0.15) is 11.6 Å². The Balaban J connectivity index is 1.53. The van der Waals surface area contributed by atoms with Gasteiger partial charge in [-0.2, -0.15) is 0 Å². The van der Waals surface area contributed by atoms with E-state index in [1.807, 2.05) is 6.20 Å². The molecule has 25 heavy (non-hydrogen) atoms. The Hall–Kier alpha value is -2.21.